The predicted octanol–water partition coefficient (Wildman–Crippen LogP) is 3.34. The second-order valence-electron chi connectivity index (χ2n) is 6.70. The van der Waals surface area contributed by atoms with Crippen LogP contribution < -0.4 is 4.74 Å². The normalized spacial score (nSPS) is 13.4. The van der Waals surface area contributed by atoms with Crippen molar-refractivity contribution in [3.8, 4) is 22.7 Å². The lowest BCUT2D eigenvalue weighted by Crippen LogP contribution is -2.00. The number of benzene rings is 1. The lowest BCUT2D eigenvalue weighted by Gasteiger charge is -2.03. The van der Waals surface area contributed by atoms with Gasteiger partial charge in [0.2, 0.25) is 5.71 Å². The van der Waals surface area contributed by atoms with Gasteiger partial charge >= 0.3 is 0 Å². The number of rotatable bonds is 2. The molecule has 0 saturated heterocycles. The molecule has 132 valence electrons. The fourth-order valence-corrected chi connectivity index (χ4v) is 3.72. The van der Waals surface area contributed by atoms with Crippen molar-refractivity contribution in [2.75, 3.05) is 6.61 Å². The van der Waals surface area contributed by atoms with E-state index in [4.69, 9.17) is 14.3 Å². The van der Waals surface area contributed by atoms with Crippen LogP contribution in [0.2, 0.25) is 0 Å². The van der Waals surface area contributed by atoms with Crippen LogP contribution in [0, 0.1) is 27.7 Å². The summed E-state index contributed by atoms with van der Waals surface area (Å²) in [7, 11) is 0. The van der Waals surface area contributed by atoms with Crippen LogP contribution in [0.25, 0.3) is 22.7 Å². The van der Waals surface area contributed by atoms with Crippen molar-refractivity contribution < 1.29 is 9.15 Å². The molecule has 0 atom stereocenters. The summed E-state index contributed by atoms with van der Waals surface area (Å²) in [6, 6.07) is 6.25. The summed E-state index contributed by atoms with van der Waals surface area (Å²) >= 11 is 0. The molecule has 26 heavy (non-hydrogen) atoms. The zero-order chi connectivity index (χ0) is 18.0. The van der Waals surface area contributed by atoms with Gasteiger partial charge in [-0.1, -0.05) is 0 Å². The Morgan fingerprint density at radius 3 is 2.69 bits per heavy atom. The molecule has 1 aromatic carbocycles. The third kappa shape index (κ3) is 2.03. The summed E-state index contributed by atoms with van der Waals surface area (Å²) in [6.07, 6.45) is 0.935. The van der Waals surface area contributed by atoms with E-state index in [1.807, 2.05) is 38.3 Å². The van der Waals surface area contributed by atoms with Gasteiger partial charge in [-0.05, 0) is 51.5 Å². The Kier molecular flexibility index (Phi) is 3.04. The summed E-state index contributed by atoms with van der Waals surface area (Å²) in [5.41, 5.74) is 5.62. The largest absolute Gasteiger partial charge is 0.493 e. The molecule has 0 saturated carbocycles. The highest BCUT2D eigenvalue weighted by Gasteiger charge is 2.24. The third-order valence-electron chi connectivity index (χ3n) is 4.83. The summed E-state index contributed by atoms with van der Waals surface area (Å²) in [5.74, 6) is 3.33. The first kappa shape index (κ1) is 15.2. The van der Waals surface area contributed by atoms with Gasteiger partial charge in [-0.15, -0.1) is 0 Å². The lowest BCUT2D eigenvalue weighted by molar-refractivity contribution is 0.357. The maximum Gasteiger partial charge on any atom is 0.249 e. The van der Waals surface area contributed by atoms with E-state index < -0.39 is 0 Å². The minimum absolute atomic E-state index is 0.680. The van der Waals surface area contributed by atoms with Gasteiger partial charge in [-0.3, -0.25) is 0 Å². The van der Waals surface area contributed by atoms with Gasteiger partial charge < -0.3 is 9.15 Å². The topological polar surface area (TPSA) is 70.4 Å². The fourth-order valence-electron chi connectivity index (χ4n) is 3.72. The van der Waals surface area contributed by atoms with E-state index >= 15 is 0 Å². The number of nitrogens with zero attached hydrogens (tertiary/aromatic N) is 5. The average Bonchev–Trinajstić information content (AvgIpc) is 3.31. The first-order valence-electron chi connectivity index (χ1n) is 8.68. The standard InChI is InChI=1S/C19H19N5O2/c1-10-17(23-13(4)20-12(3)22-23)19-24(21-10)18(11(2)26-19)15-5-6-16-14(9-15)7-8-25-16/h5-6,9H,7-8H2,1-4H3. The Morgan fingerprint density at radius 2 is 1.92 bits per heavy atom. The maximum atomic E-state index is 6.12. The van der Waals surface area contributed by atoms with Gasteiger partial charge in [0.25, 0.3) is 0 Å². The molecular weight excluding hydrogens is 330 g/mol. The zero-order valence-electron chi connectivity index (χ0n) is 15.2. The predicted molar refractivity (Wildman–Crippen MR) is 96.0 cm³/mol. The van der Waals surface area contributed by atoms with Crippen LogP contribution in [-0.4, -0.2) is 31.0 Å². The Labute approximate surface area is 150 Å². The second-order valence-corrected chi connectivity index (χ2v) is 6.70. The third-order valence-corrected chi connectivity index (χ3v) is 4.83. The summed E-state index contributed by atoms with van der Waals surface area (Å²) in [4.78, 5) is 4.40. The molecular formula is C19H19N5O2. The number of hydrogen-bond donors (Lipinski definition) is 0. The van der Waals surface area contributed by atoms with Gasteiger partial charge in [0.15, 0.2) is 5.69 Å². The molecule has 0 N–H and O–H groups in total. The molecule has 0 spiro atoms. The van der Waals surface area contributed by atoms with Crippen molar-refractivity contribution in [3.05, 3.63) is 46.9 Å². The molecule has 0 amide bonds. The van der Waals surface area contributed by atoms with E-state index in [-0.39, 0.29) is 0 Å². The summed E-state index contributed by atoms with van der Waals surface area (Å²) < 4.78 is 15.4. The smallest absolute Gasteiger partial charge is 0.249 e. The minimum atomic E-state index is 0.680. The lowest BCUT2D eigenvalue weighted by atomic mass is 10.1. The van der Waals surface area contributed by atoms with Crippen LogP contribution in [0.1, 0.15) is 28.7 Å². The molecule has 0 bridgehead atoms. The molecule has 1 aliphatic rings. The van der Waals surface area contributed by atoms with Gasteiger partial charge in [-0.2, -0.15) is 14.7 Å². The summed E-state index contributed by atoms with van der Waals surface area (Å²) in [5, 5.41) is 9.23. The molecule has 3 aromatic heterocycles. The van der Waals surface area contributed by atoms with E-state index in [2.05, 4.69) is 22.2 Å². The molecule has 0 unspecified atom stereocenters. The molecule has 0 radical (unpaired) electrons. The summed E-state index contributed by atoms with van der Waals surface area (Å²) in [6.45, 7) is 8.48. The molecule has 4 heterocycles. The van der Waals surface area contributed by atoms with E-state index in [9.17, 15) is 0 Å². The highest BCUT2D eigenvalue weighted by Crippen LogP contribution is 2.35. The van der Waals surface area contributed by atoms with Crippen LogP contribution in [0.5, 0.6) is 5.75 Å². The quantitative estimate of drug-likeness (QED) is 0.555. The first-order valence-corrected chi connectivity index (χ1v) is 8.68. The Morgan fingerprint density at radius 1 is 1.08 bits per heavy atom. The van der Waals surface area contributed by atoms with E-state index in [0.29, 0.717) is 5.71 Å². The molecule has 0 fully saturated rings. The minimum Gasteiger partial charge on any atom is -0.493 e. The number of aromatic nitrogens is 5. The van der Waals surface area contributed by atoms with E-state index in [1.165, 1.54) is 5.56 Å². The van der Waals surface area contributed by atoms with E-state index in [0.717, 1.165) is 58.8 Å². The van der Waals surface area contributed by atoms with Crippen LogP contribution in [0.3, 0.4) is 0 Å². The zero-order valence-corrected chi connectivity index (χ0v) is 15.2. The van der Waals surface area contributed by atoms with Crippen LogP contribution >= 0.6 is 0 Å². The van der Waals surface area contributed by atoms with Crippen molar-refractivity contribution in [3.63, 3.8) is 0 Å². The highest BCUT2D eigenvalue weighted by molar-refractivity contribution is 5.71. The number of hydrogen-bond acceptors (Lipinski definition) is 5. The van der Waals surface area contributed by atoms with Crippen molar-refractivity contribution in [2.24, 2.45) is 0 Å². The molecule has 4 aromatic rings. The monoisotopic (exact) mass is 349 g/mol. The molecule has 5 rings (SSSR count). The SMILES string of the molecule is Cc1nc(C)n(-c2c(C)nn3c(-c4ccc5c(c4)CCO5)c(C)oc23)n1. The number of ether oxygens (including phenoxy) is 1. The Hall–Kier alpha value is -3.09. The molecule has 0 aliphatic carbocycles. The average molecular weight is 349 g/mol. The first-order chi connectivity index (χ1) is 12.5. The van der Waals surface area contributed by atoms with Gasteiger partial charge in [0.05, 0.1) is 12.3 Å². The Balaban J connectivity index is 1.75. The molecule has 1 aliphatic heterocycles. The fraction of sp³-hybridized carbons (Fsp3) is 0.316. The van der Waals surface area contributed by atoms with Crippen LogP contribution in [0.15, 0.2) is 22.6 Å². The second kappa shape index (κ2) is 5.20. The van der Waals surface area contributed by atoms with Crippen LogP contribution in [-0.2, 0) is 6.42 Å². The van der Waals surface area contributed by atoms with E-state index in [1.54, 1.807) is 4.68 Å². The maximum absolute atomic E-state index is 6.12. The van der Waals surface area contributed by atoms with Gasteiger partial charge in [-0.25, -0.2) is 9.67 Å². The number of aryl methyl sites for hydroxylation is 4. The number of fused-ring (bicyclic) bond motifs is 2. The van der Waals surface area contributed by atoms with Crippen molar-refractivity contribution in [1.29, 1.82) is 0 Å². The Bertz CT molecular complexity index is 1160. The number of oxazole rings is 1. The molecule has 7 nitrogen and oxygen atoms in total. The highest BCUT2D eigenvalue weighted by atomic mass is 16.5. The molecule has 7 heteroatoms. The van der Waals surface area contributed by atoms with Crippen LogP contribution in [0.4, 0.5) is 0 Å². The van der Waals surface area contributed by atoms with Crippen molar-refractivity contribution >= 4 is 5.71 Å². The van der Waals surface area contributed by atoms with Gasteiger partial charge in [0, 0.05) is 12.0 Å². The van der Waals surface area contributed by atoms with Gasteiger partial charge in [0.1, 0.15) is 28.9 Å². The van der Waals surface area contributed by atoms with Crippen molar-refractivity contribution in [2.45, 2.75) is 34.1 Å². The van der Waals surface area contributed by atoms with Crippen molar-refractivity contribution in [1.82, 2.24) is 24.4 Å².